The van der Waals surface area contributed by atoms with E-state index in [1.807, 2.05) is 0 Å². The zero-order valence-electron chi connectivity index (χ0n) is 47.4. The van der Waals surface area contributed by atoms with Crippen LogP contribution < -0.4 is 0 Å². The van der Waals surface area contributed by atoms with E-state index in [0.717, 1.165) is 95.4 Å². The first-order valence-electron chi connectivity index (χ1n) is 28.9. The van der Waals surface area contributed by atoms with Gasteiger partial charge in [0.25, 0.3) is 0 Å². The van der Waals surface area contributed by atoms with Gasteiger partial charge in [0.1, 0.15) is 0 Å². The Kier molecular flexibility index (Phi) is 17.2. The van der Waals surface area contributed by atoms with Crippen molar-refractivity contribution in [3.63, 3.8) is 0 Å². The standard InChI is InChI=1S/C78H54N4S6/c1-7-19-61(20-8-1)83-67-43-31-55(32-44-67)73-74(56-33-45-68(46-34-56)84-62-21-9-2-10-22-62)80-77(79-73,59-39-51-71(52-40-59)87-65-27-15-5-16-28-65)78(60-41-53-72(54-42-60)88-66-29-17-6-18-30-66)81-75(57-35-47-69(48-36-57)85-63-23-11-3-12-24-63)76(82-78)58-37-49-70(50-38-58)86-64-25-13-4-14-26-64/h1-54H. The summed E-state index contributed by atoms with van der Waals surface area (Å²) in [5.41, 5.74) is 5.42. The molecule has 2 aliphatic heterocycles. The zero-order valence-corrected chi connectivity index (χ0v) is 52.3. The molecule has 88 heavy (non-hydrogen) atoms. The fourth-order valence-electron chi connectivity index (χ4n) is 10.7. The van der Waals surface area contributed by atoms with Gasteiger partial charge in [-0.3, -0.25) is 0 Å². The van der Waals surface area contributed by atoms with Gasteiger partial charge in [-0.25, -0.2) is 20.0 Å². The number of rotatable bonds is 19. The molecule has 0 saturated carbocycles. The molecule has 0 saturated heterocycles. The molecule has 4 nitrogen and oxygen atoms in total. The highest BCUT2D eigenvalue weighted by Gasteiger charge is 2.60. The van der Waals surface area contributed by atoms with Crippen LogP contribution in [0, 0.1) is 0 Å². The van der Waals surface area contributed by atoms with Gasteiger partial charge >= 0.3 is 0 Å². The first kappa shape index (κ1) is 57.2. The summed E-state index contributed by atoms with van der Waals surface area (Å²) in [6.07, 6.45) is 0. The molecule has 0 bridgehead atoms. The second-order valence-corrected chi connectivity index (χ2v) is 27.7. The van der Waals surface area contributed by atoms with Gasteiger partial charge < -0.3 is 0 Å². The minimum atomic E-state index is -1.52. The van der Waals surface area contributed by atoms with Crippen LogP contribution >= 0.6 is 70.6 Å². The molecule has 0 radical (unpaired) electrons. The lowest BCUT2D eigenvalue weighted by Crippen LogP contribution is -2.43. The van der Waals surface area contributed by atoms with Crippen molar-refractivity contribution in [2.75, 3.05) is 0 Å². The second kappa shape index (κ2) is 26.4. The van der Waals surface area contributed by atoms with Gasteiger partial charge in [-0.05, 0) is 146 Å². The summed E-state index contributed by atoms with van der Waals surface area (Å²) in [6, 6.07) is 116. The van der Waals surface area contributed by atoms with Crippen molar-refractivity contribution in [2.24, 2.45) is 20.0 Å². The number of aliphatic imine (C=N–C) groups is 4. The quantitative estimate of drug-likeness (QED) is 0.0804. The highest BCUT2D eigenvalue weighted by molar-refractivity contribution is 8.00. The summed E-state index contributed by atoms with van der Waals surface area (Å²) in [6.45, 7) is 0. The van der Waals surface area contributed by atoms with Crippen LogP contribution in [0.2, 0.25) is 0 Å². The third-order valence-electron chi connectivity index (χ3n) is 14.9. The minimum absolute atomic E-state index is 0.753. The van der Waals surface area contributed by atoms with Crippen LogP contribution in [0.15, 0.2) is 406 Å². The predicted molar refractivity (Wildman–Crippen MR) is 372 cm³/mol. The summed E-state index contributed by atoms with van der Waals surface area (Å²) in [7, 11) is 0. The molecule has 0 aliphatic carbocycles. The molecular formula is C78H54N4S6. The van der Waals surface area contributed by atoms with Crippen LogP contribution in [0.4, 0.5) is 0 Å². The van der Waals surface area contributed by atoms with E-state index in [1.54, 1.807) is 70.6 Å². The van der Waals surface area contributed by atoms with Crippen molar-refractivity contribution in [3.8, 4) is 0 Å². The maximum atomic E-state index is 6.20. The lowest BCUT2D eigenvalue weighted by molar-refractivity contribution is 0.257. The molecule has 0 atom stereocenters. The van der Waals surface area contributed by atoms with Crippen molar-refractivity contribution in [1.29, 1.82) is 0 Å². The molecule has 0 amide bonds. The van der Waals surface area contributed by atoms with E-state index in [2.05, 4.69) is 328 Å². The van der Waals surface area contributed by atoms with E-state index in [-0.39, 0.29) is 0 Å². The summed E-state index contributed by atoms with van der Waals surface area (Å²) >= 11 is 10.4. The molecule has 0 spiro atoms. The average molecular weight is 1240 g/mol. The molecule has 0 N–H and O–H groups in total. The largest absolute Gasteiger partial charge is 0.243 e. The lowest BCUT2D eigenvalue weighted by Gasteiger charge is -2.38. The van der Waals surface area contributed by atoms with Gasteiger partial charge in [-0.15, -0.1) is 0 Å². The Morgan fingerprint density at radius 1 is 0.159 bits per heavy atom. The number of hydrogen-bond acceptors (Lipinski definition) is 10. The predicted octanol–water partition coefficient (Wildman–Crippen LogP) is 21.6. The van der Waals surface area contributed by atoms with E-state index in [1.165, 1.54) is 19.6 Å². The number of hydrogen-bond donors (Lipinski definition) is 0. The van der Waals surface area contributed by atoms with Crippen LogP contribution in [0.5, 0.6) is 0 Å². The highest BCUT2D eigenvalue weighted by Crippen LogP contribution is 2.55. The molecule has 2 heterocycles. The Bertz CT molecular complexity index is 3960. The number of benzene rings is 12. The molecule has 0 unspecified atom stereocenters. The molecule has 10 heteroatoms. The van der Waals surface area contributed by atoms with Crippen LogP contribution in [-0.4, -0.2) is 22.8 Å². The summed E-state index contributed by atoms with van der Waals surface area (Å²) < 4.78 is 0. The van der Waals surface area contributed by atoms with Gasteiger partial charge in [0, 0.05) is 92.1 Å². The van der Waals surface area contributed by atoms with Crippen LogP contribution in [0.1, 0.15) is 33.4 Å². The molecule has 0 aromatic heterocycles. The SMILES string of the molecule is c1ccc(Sc2ccc(C3=NC(c4ccc(Sc5ccccc5)cc4)(C4(c5ccc(Sc6ccccc6)cc5)N=C(c5ccc(Sc6ccccc6)cc5)C(c5ccc(Sc6ccccc6)cc5)=N4)N=C3c3ccc(Sc4ccccc4)cc3)cc2)cc1. The molecular weight excluding hydrogens is 1190 g/mol. The first-order valence-corrected chi connectivity index (χ1v) is 33.8. The molecule has 422 valence electrons. The minimum Gasteiger partial charge on any atom is -0.243 e. The Morgan fingerprint density at radius 3 is 0.477 bits per heavy atom. The monoisotopic (exact) mass is 1240 g/mol. The lowest BCUT2D eigenvalue weighted by atomic mass is 9.82. The third kappa shape index (κ3) is 12.7. The van der Waals surface area contributed by atoms with Crippen molar-refractivity contribution < 1.29 is 0 Å². The van der Waals surface area contributed by atoms with Gasteiger partial charge in [0.05, 0.1) is 22.8 Å². The van der Waals surface area contributed by atoms with E-state index >= 15 is 0 Å². The first-order chi connectivity index (χ1) is 43.5. The zero-order chi connectivity index (χ0) is 59.0. The van der Waals surface area contributed by atoms with Crippen LogP contribution in [0.25, 0.3) is 0 Å². The fourth-order valence-corrected chi connectivity index (χ4v) is 15.7. The molecule has 12 aromatic carbocycles. The van der Waals surface area contributed by atoms with Gasteiger partial charge in [-0.1, -0.05) is 253 Å². The van der Waals surface area contributed by atoms with Crippen molar-refractivity contribution >= 4 is 93.4 Å². The normalized spacial score (nSPS) is 14.0. The maximum Gasteiger partial charge on any atom is 0.226 e. The van der Waals surface area contributed by atoms with Gasteiger partial charge in [-0.2, -0.15) is 0 Å². The van der Waals surface area contributed by atoms with Crippen LogP contribution in [0.3, 0.4) is 0 Å². The third-order valence-corrected chi connectivity index (χ3v) is 21.0. The van der Waals surface area contributed by atoms with Crippen molar-refractivity contribution in [2.45, 2.75) is 70.1 Å². The maximum absolute atomic E-state index is 6.20. The molecule has 14 rings (SSSR count). The van der Waals surface area contributed by atoms with Gasteiger partial charge in [0.2, 0.25) is 11.3 Å². The van der Waals surface area contributed by atoms with Crippen molar-refractivity contribution in [1.82, 2.24) is 0 Å². The van der Waals surface area contributed by atoms with Crippen LogP contribution in [-0.2, 0) is 11.3 Å². The Balaban J connectivity index is 1.00. The average Bonchev–Trinajstić information content (AvgIpc) is 2.02. The Labute approximate surface area is 540 Å². The summed E-state index contributed by atoms with van der Waals surface area (Å²) in [5, 5.41) is 0. The summed E-state index contributed by atoms with van der Waals surface area (Å²) in [5.74, 6) is 0. The highest BCUT2D eigenvalue weighted by atomic mass is 32.2. The van der Waals surface area contributed by atoms with E-state index < -0.39 is 11.3 Å². The fraction of sp³-hybridized carbons (Fsp3) is 0.0256. The van der Waals surface area contributed by atoms with E-state index in [4.69, 9.17) is 20.0 Å². The molecule has 0 fully saturated rings. The summed E-state index contributed by atoms with van der Waals surface area (Å²) in [4.78, 5) is 38.5. The van der Waals surface area contributed by atoms with Gasteiger partial charge in [0.15, 0.2) is 0 Å². The smallest absolute Gasteiger partial charge is 0.226 e. The topological polar surface area (TPSA) is 49.4 Å². The van der Waals surface area contributed by atoms with Crippen molar-refractivity contribution in [3.05, 3.63) is 361 Å². The number of nitrogens with zero attached hydrogens (tertiary/aromatic N) is 4. The van der Waals surface area contributed by atoms with E-state index in [0.29, 0.717) is 0 Å². The second-order valence-electron chi connectivity index (χ2n) is 20.8. The Morgan fingerprint density at radius 2 is 0.307 bits per heavy atom. The molecule has 2 aliphatic rings. The van der Waals surface area contributed by atoms with E-state index in [9.17, 15) is 0 Å². The Hall–Kier alpha value is -8.58. The molecule has 12 aromatic rings.